The molecule has 0 radical (unpaired) electrons. The maximum absolute atomic E-state index is 9.58. The average molecular weight is 348 g/mol. The minimum absolute atomic E-state index is 0.166. The highest BCUT2D eigenvalue weighted by atomic mass is 16.5. The Bertz CT molecular complexity index is 927. The summed E-state index contributed by atoms with van der Waals surface area (Å²) in [5, 5.41) is 9.58. The number of hydrogen-bond acceptors (Lipinski definition) is 6. The summed E-state index contributed by atoms with van der Waals surface area (Å²) < 4.78 is 11.4. The number of ether oxygens (including phenoxy) is 1. The maximum atomic E-state index is 9.58. The minimum atomic E-state index is 0.166. The van der Waals surface area contributed by atoms with Gasteiger partial charge in [0.05, 0.1) is 6.26 Å². The van der Waals surface area contributed by atoms with E-state index in [0.717, 1.165) is 12.1 Å². The second kappa shape index (κ2) is 7.72. The molecule has 0 aliphatic heterocycles. The zero-order valence-electron chi connectivity index (χ0n) is 14.8. The van der Waals surface area contributed by atoms with Gasteiger partial charge in [-0.05, 0) is 38.4 Å². The molecule has 0 fully saturated rings. The van der Waals surface area contributed by atoms with Crippen molar-refractivity contribution in [1.82, 2.24) is 9.88 Å². The molecular weight excluding hydrogens is 328 g/mol. The number of hydrogen-bond donors (Lipinski definition) is 1. The molecule has 0 saturated carbocycles. The first kappa shape index (κ1) is 17.5. The molecule has 2 N–H and O–H groups in total. The Labute approximate surface area is 152 Å². The highest BCUT2D eigenvalue weighted by Gasteiger charge is 2.17. The van der Waals surface area contributed by atoms with Gasteiger partial charge in [-0.25, -0.2) is 4.98 Å². The van der Waals surface area contributed by atoms with Crippen LogP contribution < -0.4 is 10.5 Å². The zero-order valence-corrected chi connectivity index (χ0v) is 14.8. The number of para-hydroxylation sites is 1. The van der Waals surface area contributed by atoms with Crippen molar-refractivity contribution in [2.24, 2.45) is 0 Å². The van der Waals surface area contributed by atoms with Gasteiger partial charge >= 0.3 is 0 Å². The van der Waals surface area contributed by atoms with Crippen LogP contribution in [0.4, 0.5) is 5.82 Å². The molecule has 0 saturated heterocycles. The van der Waals surface area contributed by atoms with Crippen molar-refractivity contribution in [3.05, 3.63) is 54.3 Å². The number of nitrogen functional groups attached to an aromatic ring is 1. The summed E-state index contributed by atoms with van der Waals surface area (Å²) in [5.74, 6) is 1.45. The van der Waals surface area contributed by atoms with Gasteiger partial charge in [-0.2, -0.15) is 5.26 Å². The fourth-order valence-electron chi connectivity index (χ4n) is 2.60. The Morgan fingerprint density at radius 3 is 2.69 bits per heavy atom. The van der Waals surface area contributed by atoms with Crippen LogP contribution in [0.3, 0.4) is 0 Å². The first-order chi connectivity index (χ1) is 12.6. The van der Waals surface area contributed by atoms with Crippen molar-refractivity contribution in [3.8, 4) is 34.4 Å². The van der Waals surface area contributed by atoms with Crippen LogP contribution in [0.25, 0.3) is 22.6 Å². The van der Waals surface area contributed by atoms with Crippen LogP contribution in [-0.4, -0.2) is 37.1 Å². The topological polar surface area (TPSA) is 88.3 Å². The Balaban J connectivity index is 2.07. The van der Waals surface area contributed by atoms with Crippen molar-refractivity contribution in [2.45, 2.75) is 0 Å². The molecule has 0 atom stereocenters. The van der Waals surface area contributed by atoms with Crippen molar-refractivity contribution >= 4 is 5.82 Å². The van der Waals surface area contributed by atoms with Crippen molar-refractivity contribution in [2.75, 3.05) is 33.0 Å². The number of anilines is 1. The highest BCUT2D eigenvalue weighted by molar-refractivity contribution is 5.82. The third-order valence-corrected chi connectivity index (χ3v) is 3.91. The summed E-state index contributed by atoms with van der Waals surface area (Å²) in [4.78, 5) is 6.35. The number of likely N-dealkylation sites (N-methyl/N-ethyl adjacent to an activating group) is 1. The van der Waals surface area contributed by atoms with Crippen LogP contribution in [0.15, 0.2) is 53.1 Å². The molecule has 0 aliphatic carbocycles. The van der Waals surface area contributed by atoms with Crippen molar-refractivity contribution in [3.63, 3.8) is 0 Å². The number of furan rings is 1. The normalized spacial score (nSPS) is 10.7. The largest absolute Gasteiger partial charge is 0.492 e. The van der Waals surface area contributed by atoms with Crippen LogP contribution >= 0.6 is 0 Å². The molecular formula is C20H20N4O2. The van der Waals surface area contributed by atoms with E-state index in [1.807, 2.05) is 49.3 Å². The Morgan fingerprint density at radius 1 is 1.19 bits per heavy atom. The third-order valence-electron chi connectivity index (χ3n) is 3.91. The van der Waals surface area contributed by atoms with Crippen LogP contribution in [0.5, 0.6) is 5.75 Å². The molecule has 2 heterocycles. The number of aromatic nitrogens is 1. The van der Waals surface area contributed by atoms with Gasteiger partial charge in [0.2, 0.25) is 0 Å². The van der Waals surface area contributed by atoms with E-state index < -0.39 is 0 Å². The molecule has 132 valence electrons. The van der Waals surface area contributed by atoms with Gasteiger partial charge in [0, 0.05) is 17.7 Å². The Kier molecular flexibility index (Phi) is 5.20. The lowest BCUT2D eigenvalue weighted by molar-refractivity contribution is 0.262. The third kappa shape index (κ3) is 3.68. The lowest BCUT2D eigenvalue weighted by Crippen LogP contribution is -2.19. The number of rotatable bonds is 6. The summed E-state index contributed by atoms with van der Waals surface area (Å²) in [6.07, 6.45) is 1.57. The van der Waals surface area contributed by atoms with E-state index >= 15 is 0 Å². The van der Waals surface area contributed by atoms with E-state index in [-0.39, 0.29) is 5.82 Å². The van der Waals surface area contributed by atoms with Gasteiger partial charge in [0.1, 0.15) is 35.5 Å². The monoisotopic (exact) mass is 348 g/mol. The van der Waals surface area contributed by atoms with Crippen LogP contribution in [0, 0.1) is 11.3 Å². The maximum Gasteiger partial charge on any atom is 0.152 e. The molecule has 0 spiro atoms. The van der Waals surface area contributed by atoms with Gasteiger partial charge in [-0.3, -0.25) is 0 Å². The second-order valence-corrected chi connectivity index (χ2v) is 6.05. The Hall–Kier alpha value is -3.30. The SMILES string of the molecule is CN(C)CCOc1ccccc1-c1cc(-c2ccco2)nc(N)c1C#N. The molecule has 1 aromatic carbocycles. The first-order valence-corrected chi connectivity index (χ1v) is 8.21. The van der Waals surface area contributed by atoms with Gasteiger partial charge < -0.3 is 19.8 Å². The lowest BCUT2D eigenvalue weighted by atomic mass is 9.99. The molecule has 0 bridgehead atoms. The minimum Gasteiger partial charge on any atom is -0.492 e. The van der Waals surface area contributed by atoms with E-state index in [1.54, 1.807) is 18.4 Å². The van der Waals surface area contributed by atoms with Crippen molar-refractivity contribution < 1.29 is 9.15 Å². The lowest BCUT2D eigenvalue weighted by Gasteiger charge is -2.15. The summed E-state index contributed by atoms with van der Waals surface area (Å²) >= 11 is 0. The molecule has 0 aliphatic rings. The van der Waals surface area contributed by atoms with Gasteiger partial charge in [0.15, 0.2) is 5.76 Å². The van der Waals surface area contributed by atoms with Crippen LogP contribution in [0.1, 0.15) is 5.56 Å². The summed E-state index contributed by atoms with van der Waals surface area (Å²) in [5.41, 5.74) is 8.41. The fourth-order valence-corrected chi connectivity index (χ4v) is 2.60. The molecule has 6 nitrogen and oxygen atoms in total. The van der Waals surface area contributed by atoms with E-state index in [1.165, 1.54) is 0 Å². The van der Waals surface area contributed by atoms with E-state index in [0.29, 0.717) is 34.9 Å². The number of pyridine rings is 1. The number of benzene rings is 1. The molecule has 6 heteroatoms. The quantitative estimate of drug-likeness (QED) is 0.734. The van der Waals surface area contributed by atoms with E-state index in [9.17, 15) is 5.26 Å². The molecule has 0 amide bonds. The predicted molar refractivity (Wildman–Crippen MR) is 101 cm³/mol. The van der Waals surface area contributed by atoms with Crippen LogP contribution in [0.2, 0.25) is 0 Å². The summed E-state index contributed by atoms with van der Waals surface area (Å²) in [6.45, 7) is 1.33. The highest BCUT2D eigenvalue weighted by Crippen LogP contribution is 2.36. The molecule has 3 rings (SSSR count). The van der Waals surface area contributed by atoms with Gasteiger partial charge in [0.25, 0.3) is 0 Å². The Morgan fingerprint density at radius 2 is 2.00 bits per heavy atom. The fraction of sp³-hybridized carbons (Fsp3) is 0.200. The van der Waals surface area contributed by atoms with E-state index in [4.69, 9.17) is 14.9 Å². The zero-order chi connectivity index (χ0) is 18.5. The van der Waals surface area contributed by atoms with Crippen LogP contribution in [-0.2, 0) is 0 Å². The molecule has 0 unspecified atom stereocenters. The van der Waals surface area contributed by atoms with E-state index in [2.05, 4.69) is 11.1 Å². The predicted octanol–water partition coefficient (Wildman–Crippen LogP) is 3.40. The molecule has 2 aromatic heterocycles. The smallest absolute Gasteiger partial charge is 0.152 e. The standard InChI is InChI=1S/C20H20N4O2/c1-24(2)9-11-26-18-7-4-3-6-14(18)15-12-17(19-8-5-10-25-19)23-20(22)16(15)13-21/h3-8,10,12H,9,11H2,1-2H3,(H2,22,23). The number of nitrogens with two attached hydrogens (primary N) is 1. The summed E-state index contributed by atoms with van der Waals surface area (Å²) in [6, 6.07) is 15.1. The second-order valence-electron chi connectivity index (χ2n) is 6.05. The number of nitrogens with zero attached hydrogens (tertiary/aromatic N) is 3. The first-order valence-electron chi connectivity index (χ1n) is 8.21. The number of nitriles is 1. The van der Waals surface area contributed by atoms with Gasteiger partial charge in [-0.1, -0.05) is 18.2 Å². The average Bonchev–Trinajstić information content (AvgIpc) is 3.16. The molecule has 3 aromatic rings. The molecule has 26 heavy (non-hydrogen) atoms. The summed E-state index contributed by atoms with van der Waals surface area (Å²) in [7, 11) is 3.98. The van der Waals surface area contributed by atoms with Gasteiger partial charge in [-0.15, -0.1) is 0 Å². The van der Waals surface area contributed by atoms with Crippen molar-refractivity contribution in [1.29, 1.82) is 5.26 Å².